The molecule has 12 heteroatoms. The summed E-state index contributed by atoms with van der Waals surface area (Å²) >= 11 is 0. The van der Waals surface area contributed by atoms with Crippen molar-refractivity contribution in [3.05, 3.63) is 96.4 Å². The number of hydrogen-bond acceptors (Lipinski definition) is 7. The highest BCUT2D eigenvalue weighted by atomic mass is 16.6. The van der Waals surface area contributed by atoms with Crippen LogP contribution in [-0.4, -0.2) is 62.3 Å². The molecule has 0 saturated carbocycles. The maximum atomic E-state index is 13.5. The number of benzene rings is 3. The van der Waals surface area contributed by atoms with Crippen LogP contribution in [0.15, 0.2) is 85.3 Å². The zero-order valence-electron chi connectivity index (χ0n) is 26.4. The first-order chi connectivity index (χ1) is 21.7. The van der Waals surface area contributed by atoms with Gasteiger partial charge in [0.2, 0.25) is 5.91 Å². The van der Waals surface area contributed by atoms with Crippen molar-refractivity contribution in [3.63, 3.8) is 0 Å². The number of anilines is 1. The Labute approximate surface area is 267 Å². The molecule has 0 saturated heterocycles. The van der Waals surface area contributed by atoms with Gasteiger partial charge in [-0.25, -0.2) is 14.6 Å². The van der Waals surface area contributed by atoms with Crippen molar-refractivity contribution in [2.75, 3.05) is 11.9 Å². The predicted molar refractivity (Wildman–Crippen MR) is 172 cm³/mol. The Morgan fingerprint density at radius 3 is 2.28 bits per heavy atom. The smallest absolute Gasteiger partial charge is 0.408 e. The number of rotatable bonds is 12. The zero-order valence-corrected chi connectivity index (χ0v) is 26.4. The molecule has 0 bridgehead atoms. The molecule has 3 aromatic carbocycles. The molecular formula is C34H39N5O7. The van der Waals surface area contributed by atoms with Gasteiger partial charge >= 0.3 is 12.1 Å². The summed E-state index contributed by atoms with van der Waals surface area (Å²) in [6.45, 7) is 8.04. The quantitative estimate of drug-likeness (QED) is 0.176. The number of carbonyl (C=O) groups is 4. The monoisotopic (exact) mass is 629 g/mol. The van der Waals surface area contributed by atoms with Gasteiger partial charge in [0.05, 0.1) is 19.5 Å². The highest BCUT2D eigenvalue weighted by Gasteiger charge is 2.35. The number of imidazole rings is 1. The summed E-state index contributed by atoms with van der Waals surface area (Å²) in [6, 6.07) is 19.9. The van der Waals surface area contributed by atoms with Crippen molar-refractivity contribution in [2.24, 2.45) is 0 Å². The van der Waals surface area contributed by atoms with E-state index < -0.39 is 47.1 Å². The number of aromatic nitrogens is 2. The average molecular weight is 630 g/mol. The van der Waals surface area contributed by atoms with Gasteiger partial charge in [-0.3, -0.25) is 9.59 Å². The number of hydrogen-bond donors (Lipinski definition) is 4. The summed E-state index contributed by atoms with van der Waals surface area (Å²) in [5.74, 6) is -2.35. The largest absolute Gasteiger partial charge is 0.479 e. The van der Waals surface area contributed by atoms with Gasteiger partial charge in [0.15, 0.2) is 11.9 Å². The molecule has 0 fully saturated rings. The number of ether oxygens (including phenoxy) is 2. The number of alkyl carbamates (subject to hydrolysis) is 1. The number of carboxylic acids is 1. The number of amides is 3. The fraction of sp³-hybridized carbons (Fsp3) is 0.324. The fourth-order valence-electron chi connectivity index (χ4n) is 4.67. The predicted octanol–water partition coefficient (Wildman–Crippen LogP) is 4.65. The summed E-state index contributed by atoms with van der Waals surface area (Å²) in [5.41, 5.74) is -0.803. The maximum absolute atomic E-state index is 13.5. The highest BCUT2D eigenvalue weighted by molar-refractivity contribution is 5.99. The van der Waals surface area contributed by atoms with Crippen LogP contribution >= 0.6 is 0 Å². The van der Waals surface area contributed by atoms with Gasteiger partial charge in [-0.2, -0.15) is 0 Å². The van der Waals surface area contributed by atoms with Crippen molar-refractivity contribution < 1.29 is 33.8 Å². The van der Waals surface area contributed by atoms with Gasteiger partial charge in [-0.15, -0.1) is 0 Å². The standard InChI is InChI=1S/C34H39N5O7/c1-33(2,3)46-32(44)38-34(4,5)31(43)36-26(20-45-19-22-12-7-6-8-13-22)29(40)37-27-18-39(21-35-27)28(30(41)42)25-17-11-15-23-14-9-10-16-24(23)25/h6-18,21,26,28H,19-20H2,1-5H3,(H,36,43)(H,37,40)(H,38,44)(H,41,42)/t26-,28?/m1/s1. The SMILES string of the molecule is CC(C)(C)OC(=O)NC(C)(C)C(=O)N[C@H](COCc1ccccc1)C(=O)Nc1cn(C(C(=O)O)c2cccc3ccccc23)cn1. The van der Waals surface area contributed by atoms with E-state index in [-0.39, 0.29) is 19.0 Å². The summed E-state index contributed by atoms with van der Waals surface area (Å²) in [5, 5.41) is 19.7. The van der Waals surface area contributed by atoms with Crippen LogP contribution in [0.2, 0.25) is 0 Å². The lowest BCUT2D eigenvalue weighted by atomic mass is 9.98. The van der Waals surface area contributed by atoms with Crippen LogP contribution in [0.25, 0.3) is 10.8 Å². The van der Waals surface area contributed by atoms with Crippen molar-refractivity contribution in [3.8, 4) is 0 Å². The minimum Gasteiger partial charge on any atom is -0.479 e. The summed E-state index contributed by atoms with van der Waals surface area (Å²) in [7, 11) is 0. The lowest BCUT2D eigenvalue weighted by molar-refractivity contribution is -0.139. The Morgan fingerprint density at radius 1 is 0.913 bits per heavy atom. The second-order valence-electron chi connectivity index (χ2n) is 12.3. The van der Waals surface area contributed by atoms with Crippen molar-refractivity contribution in [1.82, 2.24) is 20.2 Å². The first-order valence-electron chi connectivity index (χ1n) is 14.7. The third-order valence-electron chi connectivity index (χ3n) is 6.90. The molecule has 1 heterocycles. The lowest BCUT2D eigenvalue weighted by Gasteiger charge is -2.29. The Hall–Kier alpha value is -5.23. The first kappa shape index (κ1) is 33.7. The fourth-order valence-corrected chi connectivity index (χ4v) is 4.67. The molecule has 4 rings (SSSR count). The van der Waals surface area contributed by atoms with Crippen LogP contribution < -0.4 is 16.0 Å². The lowest BCUT2D eigenvalue weighted by Crippen LogP contribution is -2.59. The van der Waals surface area contributed by atoms with Crippen molar-refractivity contribution in [2.45, 2.75) is 64.4 Å². The third-order valence-corrected chi connectivity index (χ3v) is 6.90. The Bertz CT molecular complexity index is 1690. The number of fused-ring (bicyclic) bond motifs is 1. The number of nitrogens with one attached hydrogen (secondary N) is 3. The molecule has 46 heavy (non-hydrogen) atoms. The van der Waals surface area contributed by atoms with Crippen LogP contribution in [-0.2, 0) is 30.5 Å². The average Bonchev–Trinajstić information content (AvgIpc) is 3.43. The molecule has 0 aliphatic carbocycles. The number of carbonyl (C=O) groups excluding carboxylic acids is 3. The Kier molecular flexibility index (Phi) is 10.4. The highest BCUT2D eigenvalue weighted by Crippen LogP contribution is 2.28. The van der Waals surface area contributed by atoms with Crippen LogP contribution in [0, 0.1) is 0 Å². The minimum atomic E-state index is -1.45. The van der Waals surface area contributed by atoms with Gasteiger partial charge in [0.25, 0.3) is 5.91 Å². The third kappa shape index (κ3) is 8.91. The molecule has 3 amide bonds. The van der Waals surface area contributed by atoms with Crippen LogP contribution in [0.3, 0.4) is 0 Å². The molecule has 2 atom stereocenters. The molecule has 0 radical (unpaired) electrons. The van der Waals surface area contributed by atoms with E-state index in [0.717, 1.165) is 16.3 Å². The van der Waals surface area contributed by atoms with Crippen molar-refractivity contribution in [1.29, 1.82) is 0 Å². The minimum absolute atomic E-state index is 0.0740. The summed E-state index contributed by atoms with van der Waals surface area (Å²) in [4.78, 5) is 55.8. The molecule has 0 aliphatic rings. The van der Waals surface area contributed by atoms with Crippen LogP contribution in [0.1, 0.15) is 51.8 Å². The number of aliphatic carboxylic acids is 1. The summed E-state index contributed by atoms with van der Waals surface area (Å²) in [6.07, 6.45) is 1.94. The van der Waals surface area contributed by atoms with Crippen molar-refractivity contribution >= 4 is 40.5 Å². The number of nitrogens with zero attached hydrogens (tertiary/aromatic N) is 2. The molecule has 1 unspecified atom stereocenters. The molecular weight excluding hydrogens is 590 g/mol. The van der Waals surface area contributed by atoms with E-state index in [1.807, 2.05) is 60.7 Å². The van der Waals surface area contributed by atoms with Gasteiger partial charge in [0.1, 0.15) is 17.2 Å². The molecule has 0 spiro atoms. The second-order valence-corrected chi connectivity index (χ2v) is 12.3. The molecule has 4 aromatic rings. The second kappa shape index (κ2) is 14.2. The normalized spacial score (nSPS) is 13.0. The summed E-state index contributed by atoms with van der Waals surface area (Å²) < 4.78 is 12.5. The van der Waals surface area contributed by atoms with Gasteiger partial charge in [0, 0.05) is 6.20 Å². The van der Waals surface area contributed by atoms with E-state index in [1.54, 1.807) is 32.9 Å². The molecule has 0 aliphatic heterocycles. The van der Waals surface area contributed by atoms with Crippen LogP contribution in [0.4, 0.5) is 10.6 Å². The van der Waals surface area contributed by atoms with Gasteiger partial charge in [-0.1, -0.05) is 72.8 Å². The van der Waals surface area contributed by atoms with E-state index in [0.29, 0.717) is 5.56 Å². The Morgan fingerprint density at radius 2 is 1.59 bits per heavy atom. The van der Waals surface area contributed by atoms with E-state index in [4.69, 9.17) is 9.47 Å². The topological polar surface area (TPSA) is 161 Å². The van der Waals surface area contributed by atoms with E-state index >= 15 is 0 Å². The molecule has 242 valence electrons. The number of carboxylic acid groups (broad SMARTS) is 1. The Balaban J connectivity index is 1.52. The van der Waals surface area contributed by atoms with E-state index in [2.05, 4.69) is 20.9 Å². The van der Waals surface area contributed by atoms with Gasteiger partial charge in [-0.05, 0) is 56.5 Å². The molecule has 12 nitrogen and oxygen atoms in total. The first-order valence-corrected chi connectivity index (χ1v) is 14.7. The van der Waals surface area contributed by atoms with Crippen LogP contribution in [0.5, 0.6) is 0 Å². The maximum Gasteiger partial charge on any atom is 0.408 e. The van der Waals surface area contributed by atoms with E-state index in [9.17, 15) is 24.3 Å². The van der Waals surface area contributed by atoms with Gasteiger partial charge < -0.3 is 35.1 Å². The zero-order chi connectivity index (χ0) is 33.5. The molecule has 4 N–H and O–H groups in total. The van der Waals surface area contributed by atoms with E-state index in [1.165, 1.54) is 30.9 Å². The molecule has 1 aromatic heterocycles.